The molecule has 4 aliphatic rings. The molecule has 3 aromatic carbocycles. The zero-order chi connectivity index (χ0) is 45.0. The molecule has 4 aliphatic heterocycles. The molecule has 64 heavy (non-hydrogen) atoms. The molecule has 0 atom stereocenters. The van der Waals surface area contributed by atoms with Crippen LogP contribution in [-0.2, 0) is 14.8 Å². The molecule has 4 saturated heterocycles. The van der Waals surface area contributed by atoms with Crippen molar-refractivity contribution in [2.45, 2.75) is 44.6 Å². The average Bonchev–Trinajstić information content (AvgIpc) is 3.30. The Hall–Kier alpha value is -5.43. The van der Waals surface area contributed by atoms with E-state index in [4.69, 9.17) is 16.3 Å². The number of sulfonamides is 1. The number of nitrogens with zero attached hydrogens (tertiary/aromatic N) is 8. The molecule has 0 radical (unpaired) electrons. The number of carbonyl (C=O) groups excluding carboxylic acids is 2. The largest absolute Gasteiger partial charge is 0.494 e. The third kappa shape index (κ3) is 10.6. The van der Waals surface area contributed by atoms with Crippen LogP contribution in [0.5, 0.6) is 5.75 Å². The first-order chi connectivity index (χ1) is 30.8. The number of methoxy groups -OCH3 is 1. The van der Waals surface area contributed by atoms with Crippen LogP contribution in [0.15, 0.2) is 66.9 Å². The fraction of sp³-hybridized carbons (Fsp3) is 0.467. The fourth-order valence-electron chi connectivity index (χ4n) is 9.17. The molecule has 5 heterocycles. The van der Waals surface area contributed by atoms with Gasteiger partial charge in [0.05, 0.1) is 42.3 Å². The number of amides is 3. The van der Waals surface area contributed by atoms with Gasteiger partial charge in [-0.1, -0.05) is 23.7 Å². The Kier molecular flexibility index (Phi) is 13.9. The second kappa shape index (κ2) is 19.8. The van der Waals surface area contributed by atoms with Gasteiger partial charge in [-0.15, -0.1) is 0 Å². The van der Waals surface area contributed by atoms with Crippen molar-refractivity contribution in [1.29, 1.82) is 0 Å². The molecule has 4 fully saturated rings. The number of aromatic nitrogens is 2. The number of imide groups is 1. The summed E-state index contributed by atoms with van der Waals surface area (Å²) in [5, 5.41) is 8.96. The molecule has 1 aromatic heterocycles. The molecule has 0 unspecified atom stereocenters. The van der Waals surface area contributed by atoms with Crippen molar-refractivity contribution in [3.05, 3.63) is 77.7 Å². The van der Waals surface area contributed by atoms with E-state index in [-0.39, 0.29) is 29.6 Å². The Balaban J connectivity index is 0.769. The molecule has 3 N–H and O–H groups in total. The normalized spacial score (nSPS) is 18.5. The fourth-order valence-corrected chi connectivity index (χ4v) is 9.82. The first kappa shape index (κ1) is 45.1. The van der Waals surface area contributed by atoms with E-state index in [1.807, 2.05) is 18.2 Å². The maximum absolute atomic E-state index is 15.1. The molecule has 0 spiro atoms. The summed E-state index contributed by atoms with van der Waals surface area (Å²) >= 11 is 6.48. The summed E-state index contributed by atoms with van der Waals surface area (Å²) in [6.45, 7) is 9.31. The summed E-state index contributed by atoms with van der Waals surface area (Å²) < 4.78 is 46.7. The number of halogens is 2. The zero-order valence-corrected chi connectivity index (χ0v) is 38.2. The molecule has 8 rings (SSSR count). The molecule has 0 saturated carbocycles. The van der Waals surface area contributed by atoms with Crippen molar-refractivity contribution < 1.29 is 27.1 Å². The minimum atomic E-state index is -3.50. The summed E-state index contributed by atoms with van der Waals surface area (Å²) in [5.41, 5.74) is 3.79. The predicted molar refractivity (Wildman–Crippen MR) is 251 cm³/mol. The summed E-state index contributed by atoms with van der Waals surface area (Å²) in [4.78, 5) is 44.0. The van der Waals surface area contributed by atoms with Crippen molar-refractivity contribution in [2.24, 2.45) is 5.92 Å². The van der Waals surface area contributed by atoms with Crippen LogP contribution >= 0.6 is 11.6 Å². The Labute approximate surface area is 379 Å². The minimum Gasteiger partial charge on any atom is -0.494 e. The minimum absolute atomic E-state index is 0.160. The van der Waals surface area contributed by atoms with Crippen LogP contribution in [0.2, 0.25) is 5.02 Å². The number of hydrogen-bond acceptors (Lipinski definition) is 13. The van der Waals surface area contributed by atoms with E-state index >= 15 is 4.39 Å². The molecule has 0 aliphatic carbocycles. The number of piperazine rings is 1. The Morgan fingerprint density at radius 3 is 2.25 bits per heavy atom. The van der Waals surface area contributed by atoms with E-state index in [1.54, 1.807) is 37.4 Å². The molecular weight excluding hydrogens is 861 g/mol. The molecular formula is C45H57ClFN11O5S. The summed E-state index contributed by atoms with van der Waals surface area (Å²) in [5.74, 6) is 1.13. The van der Waals surface area contributed by atoms with Crippen molar-refractivity contribution >= 4 is 79.5 Å². The number of urea groups is 1. The number of para-hydroxylation sites is 2. The highest BCUT2D eigenvalue weighted by molar-refractivity contribution is 7.92. The van der Waals surface area contributed by atoms with Crippen LogP contribution in [0.4, 0.5) is 55.1 Å². The molecule has 4 aromatic rings. The third-order valence-corrected chi connectivity index (χ3v) is 14.5. The van der Waals surface area contributed by atoms with Crippen LogP contribution < -0.4 is 39.7 Å². The highest BCUT2D eigenvalue weighted by Crippen LogP contribution is 2.36. The number of piperidine rings is 2. The van der Waals surface area contributed by atoms with E-state index in [2.05, 4.69) is 51.6 Å². The van der Waals surface area contributed by atoms with Crippen molar-refractivity contribution in [3.63, 3.8) is 0 Å². The lowest BCUT2D eigenvalue weighted by molar-refractivity contribution is -0.120. The van der Waals surface area contributed by atoms with Crippen LogP contribution in [0.25, 0.3) is 0 Å². The first-order valence-corrected chi connectivity index (χ1v) is 24.2. The molecule has 16 nitrogen and oxygen atoms in total. The number of nitrogens with one attached hydrogen (secondary N) is 3. The molecule has 342 valence electrons. The van der Waals surface area contributed by atoms with E-state index in [1.165, 1.54) is 34.9 Å². The Bertz CT molecular complexity index is 2430. The van der Waals surface area contributed by atoms with Gasteiger partial charge in [-0.2, -0.15) is 4.98 Å². The monoisotopic (exact) mass is 917 g/mol. The van der Waals surface area contributed by atoms with E-state index < -0.39 is 21.9 Å². The maximum atomic E-state index is 15.1. The smallest absolute Gasteiger partial charge is 0.328 e. The van der Waals surface area contributed by atoms with Gasteiger partial charge in [-0.05, 0) is 87.0 Å². The van der Waals surface area contributed by atoms with Gasteiger partial charge in [-0.25, -0.2) is 22.6 Å². The summed E-state index contributed by atoms with van der Waals surface area (Å²) in [7, 11) is -0.369. The number of ether oxygens (including phenoxy) is 1. The Morgan fingerprint density at radius 1 is 0.875 bits per heavy atom. The van der Waals surface area contributed by atoms with Crippen molar-refractivity contribution in [2.75, 3.05) is 115 Å². The van der Waals surface area contributed by atoms with Crippen LogP contribution in [0.1, 0.15) is 38.5 Å². The summed E-state index contributed by atoms with van der Waals surface area (Å²) in [6.07, 6.45) is 8.31. The van der Waals surface area contributed by atoms with Crippen LogP contribution in [0.3, 0.4) is 0 Å². The Morgan fingerprint density at radius 2 is 1.56 bits per heavy atom. The van der Waals surface area contributed by atoms with Gasteiger partial charge in [0.2, 0.25) is 21.9 Å². The molecule has 3 amide bonds. The van der Waals surface area contributed by atoms with Crippen LogP contribution in [0, 0.1) is 11.7 Å². The predicted octanol–water partition coefficient (Wildman–Crippen LogP) is 6.50. The zero-order valence-electron chi connectivity index (χ0n) is 36.6. The number of carbonyl (C=O) groups is 2. The lowest BCUT2D eigenvalue weighted by Gasteiger charge is -2.43. The van der Waals surface area contributed by atoms with E-state index in [0.717, 1.165) is 102 Å². The van der Waals surface area contributed by atoms with Gasteiger partial charge in [0, 0.05) is 95.9 Å². The van der Waals surface area contributed by atoms with Crippen molar-refractivity contribution in [3.8, 4) is 5.75 Å². The highest BCUT2D eigenvalue weighted by atomic mass is 35.5. The average molecular weight is 919 g/mol. The number of benzene rings is 3. The summed E-state index contributed by atoms with van der Waals surface area (Å²) in [6, 6.07) is 18.1. The first-order valence-electron chi connectivity index (χ1n) is 22.0. The van der Waals surface area contributed by atoms with Gasteiger partial charge in [0.1, 0.15) is 16.6 Å². The molecule has 0 bridgehead atoms. The second-order valence-electron chi connectivity index (χ2n) is 17.0. The third-order valence-electron chi connectivity index (χ3n) is 13.0. The molecule has 19 heteroatoms. The number of hydrogen-bond donors (Lipinski definition) is 3. The maximum Gasteiger partial charge on any atom is 0.328 e. The van der Waals surface area contributed by atoms with Gasteiger partial charge < -0.3 is 30.1 Å². The number of anilines is 8. The van der Waals surface area contributed by atoms with Crippen LogP contribution in [-0.4, -0.2) is 132 Å². The van der Waals surface area contributed by atoms with E-state index in [0.29, 0.717) is 46.5 Å². The second-order valence-corrected chi connectivity index (χ2v) is 19.4. The lowest BCUT2D eigenvalue weighted by Crippen LogP contribution is -2.53. The van der Waals surface area contributed by atoms with Gasteiger partial charge in [0.25, 0.3) is 0 Å². The quantitative estimate of drug-likeness (QED) is 0.126. The van der Waals surface area contributed by atoms with Crippen molar-refractivity contribution in [1.82, 2.24) is 25.1 Å². The SMILES string of the molecule is COc1cc(N2CCC(N3CCN(CCC4CCN(c5ccc(N6CCC(=O)NC6=O)c(F)c5)CC4)CC3)CC2)ccc1Nc1ncc(Cl)c(Nc2ccccc2N(C)S(C)(=O)=O)n1. The van der Waals surface area contributed by atoms with Gasteiger partial charge in [-0.3, -0.25) is 24.2 Å². The van der Waals surface area contributed by atoms with Gasteiger partial charge in [0.15, 0.2) is 5.82 Å². The van der Waals surface area contributed by atoms with E-state index in [9.17, 15) is 18.0 Å². The standard InChI is InChI=1S/C45H57ClFN11O5S/c1-53(64(3,61)62)40-7-5-4-6-37(40)49-43-35(46)30-48-44(52-43)50-38-10-8-34(29-41(38)63-2)56-21-15-32(16-22-56)57-26-24-54(25-27-57)18-12-31-13-19-55(20-14-31)33-9-11-39(36(47)28-33)58-23-17-42(59)51-45(58)60/h4-11,28-32H,12-27H2,1-3H3,(H,51,59,60)(H2,48,49,50,52). The topological polar surface area (TPSA) is 159 Å². The lowest BCUT2D eigenvalue weighted by atomic mass is 9.93. The number of rotatable bonds is 14. The van der Waals surface area contributed by atoms with Gasteiger partial charge >= 0.3 is 6.03 Å². The highest BCUT2D eigenvalue weighted by Gasteiger charge is 2.30.